The number of rotatable bonds is 3. The largest absolute Gasteiger partial charge is 0.465 e. The van der Waals surface area contributed by atoms with Crippen LogP contribution in [0.15, 0.2) is 17.8 Å². The highest BCUT2D eigenvalue weighted by molar-refractivity contribution is 5.66. The molecule has 0 radical (unpaired) electrons. The molecule has 1 aromatic rings. The maximum Gasteiger partial charge on any atom is 0.407 e. The Hall–Kier alpha value is -2.28. The van der Waals surface area contributed by atoms with Gasteiger partial charge in [-0.15, -0.1) is 10.2 Å². The Kier molecular flexibility index (Phi) is 3.10. The fraction of sp³-hybridized carbons (Fsp3) is 0.625. The number of azide groups is 1. The van der Waals surface area contributed by atoms with Gasteiger partial charge >= 0.3 is 6.09 Å². The van der Waals surface area contributed by atoms with Crippen molar-refractivity contribution in [2.45, 2.75) is 25.0 Å². The number of likely N-dealkylation sites (tertiary alicyclic amines) is 1. The van der Waals surface area contributed by atoms with Crippen LogP contribution in [0.25, 0.3) is 10.4 Å². The molecule has 1 aliphatic heterocycles. The molecule has 0 saturated carbocycles. The average Bonchev–Trinajstić information content (AvgIpc) is 2.89. The van der Waals surface area contributed by atoms with E-state index in [2.05, 4.69) is 20.2 Å². The second-order valence-corrected chi connectivity index (χ2v) is 3.84. The highest BCUT2D eigenvalue weighted by Crippen LogP contribution is 2.21. The van der Waals surface area contributed by atoms with E-state index in [0.29, 0.717) is 13.0 Å². The summed E-state index contributed by atoms with van der Waals surface area (Å²) in [5, 5.41) is 19.9. The van der Waals surface area contributed by atoms with Crippen LogP contribution in [0.1, 0.15) is 6.42 Å². The monoisotopic (exact) mass is 237 g/mol. The van der Waals surface area contributed by atoms with Gasteiger partial charge in [-0.05, 0) is 12.0 Å². The Morgan fingerprint density at radius 1 is 1.59 bits per heavy atom. The summed E-state index contributed by atoms with van der Waals surface area (Å²) in [6.45, 7) is 0.711. The summed E-state index contributed by atoms with van der Waals surface area (Å²) >= 11 is 0. The third-order valence-corrected chi connectivity index (χ3v) is 2.74. The molecule has 0 aromatic carbocycles. The summed E-state index contributed by atoms with van der Waals surface area (Å²) in [4.78, 5) is 15.0. The van der Waals surface area contributed by atoms with Gasteiger partial charge in [-0.2, -0.15) is 0 Å². The minimum atomic E-state index is -1.00. The molecular formula is C8H11N7O2. The van der Waals surface area contributed by atoms with Crippen molar-refractivity contribution in [2.24, 2.45) is 5.11 Å². The highest BCUT2D eigenvalue weighted by Gasteiger charge is 2.34. The standard InChI is InChI=1S/C8H11N7O2/c9-13-12-6-1-7(15(2-6)8(16)17)3-14-4-10-11-5-14/h4-7H,1-3H2,(H,16,17)/t6-,7+/m1/s1. The quantitative estimate of drug-likeness (QED) is 0.472. The zero-order valence-electron chi connectivity index (χ0n) is 8.92. The zero-order chi connectivity index (χ0) is 12.3. The van der Waals surface area contributed by atoms with E-state index < -0.39 is 6.09 Å². The van der Waals surface area contributed by atoms with Crippen LogP contribution >= 0.6 is 0 Å². The van der Waals surface area contributed by atoms with E-state index in [4.69, 9.17) is 10.6 Å². The normalized spacial score (nSPS) is 23.4. The topological polar surface area (TPSA) is 120 Å². The van der Waals surface area contributed by atoms with Crippen molar-refractivity contribution >= 4 is 6.09 Å². The van der Waals surface area contributed by atoms with Crippen LogP contribution in [0.4, 0.5) is 4.79 Å². The second-order valence-electron chi connectivity index (χ2n) is 3.84. The Morgan fingerprint density at radius 2 is 2.29 bits per heavy atom. The maximum atomic E-state index is 11.0. The molecule has 9 heteroatoms. The van der Waals surface area contributed by atoms with Crippen molar-refractivity contribution in [3.8, 4) is 0 Å². The lowest BCUT2D eigenvalue weighted by molar-refractivity contribution is 0.136. The van der Waals surface area contributed by atoms with E-state index in [9.17, 15) is 4.79 Å². The van der Waals surface area contributed by atoms with Crippen LogP contribution < -0.4 is 0 Å². The first-order valence-corrected chi connectivity index (χ1v) is 5.07. The molecule has 2 heterocycles. The van der Waals surface area contributed by atoms with Crippen LogP contribution in [0.2, 0.25) is 0 Å². The highest BCUT2D eigenvalue weighted by atomic mass is 16.4. The third kappa shape index (κ3) is 2.45. The molecule has 0 bridgehead atoms. The van der Waals surface area contributed by atoms with Crippen molar-refractivity contribution in [3.05, 3.63) is 23.1 Å². The second kappa shape index (κ2) is 4.71. The van der Waals surface area contributed by atoms with Crippen molar-refractivity contribution in [1.82, 2.24) is 19.7 Å². The Labute approximate surface area is 96.3 Å². The molecule has 17 heavy (non-hydrogen) atoms. The minimum absolute atomic E-state index is 0.209. The number of carbonyl (C=O) groups is 1. The van der Waals surface area contributed by atoms with Crippen LogP contribution in [0.3, 0.4) is 0 Å². The molecule has 90 valence electrons. The third-order valence-electron chi connectivity index (χ3n) is 2.74. The molecule has 1 aromatic heterocycles. The summed E-state index contributed by atoms with van der Waals surface area (Å²) in [6, 6.07) is -0.503. The Morgan fingerprint density at radius 3 is 2.88 bits per heavy atom. The van der Waals surface area contributed by atoms with Crippen molar-refractivity contribution < 1.29 is 9.90 Å². The van der Waals surface area contributed by atoms with Gasteiger partial charge in [0.15, 0.2) is 0 Å². The number of nitrogens with zero attached hydrogens (tertiary/aromatic N) is 7. The Balaban J connectivity index is 2.08. The lowest BCUT2D eigenvalue weighted by Crippen LogP contribution is -2.37. The van der Waals surface area contributed by atoms with Crippen molar-refractivity contribution in [3.63, 3.8) is 0 Å². The number of carboxylic acid groups (broad SMARTS) is 1. The molecule has 1 fully saturated rings. The Bertz CT molecular complexity index is 439. The SMILES string of the molecule is [N-]=[N+]=N[C@@H]1C[C@@H](Cn2cnnc2)N(C(=O)O)C1. The summed E-state index contributed by atoms with van der Waals surface area (Å²) in [5.74, 6) is 0. The van der Waals surface area contributed by atoms with Crippen LogP contribution in [-0.2, 0) is 6.54 Å². The summed E-state index contributed by atoms with van der Waals surface area (Å²) in [5.41, 5.74) is 8.36. The summed E-state index contributed by atoms with van der Waals surface area (Å²) in [7, 11) is 0. The first kappa shape index (κ1) is 11.2. The number of amides is 1. The lowest BCUT2D eigenvalue weighted by atomic mass is 10.2. The fourth-order valence-corrected chi connectivity index (χ4v) is 2.02. The van der Waals surface area contributed by atoms with Gasteiger partial charge in [-0.1, -0.05) is 5.11 Å². The van der Waals surface area contributed by atoms with E-state index >= 15 is 0 Å². The predicted molar refractivity (Wildman–Crippen MR) is 56.1 cm³/mol. The minimum Gasteiger partial charge on any atom is -0.465 e. The van der Waals surface area contributed by atoms with Gasteiger partial charge in [0.1, 0.15) is 12.7 Å². The predicted octanol–water partition coefficient (Wildman–Crippen LogP) is 0.709. The van der Waals surface area contributed by atoms with E-state index in [0.717, 1.165) is 0 Å². The molecular weight excluding hydrogens is 226 g/mol. The fourth-order valence-electron chi connectivity index (χ4n) is 2.02. The smallest absolute Gasteiger partial charge is 0.407 e. The van der Waals surface area contributed by atoms with E-state index in [1.807, 2.05) is 0 Å². The lowest BCUT2D eigenvalue weighted by Gasteiger charge is -2.21. The van der Waals surface area contributed by atoms with Gasteiger partial charge in [0.2, 0.25) is 0 Å². The molecule has 0 spiro atoms. The molecule has 2 rings (SSSR count). The van der Waals surface area contributed by atoms with Crippen molar-refractivity contribution in [2.75, 3.05) is 6.54 Å². The number of hydrogen-bond donors (Lipinski definition) is 1. The van der Waals surface area contributed by atoms with Gasteiger partial charge in [0, 0.05) is 18.0 Å². The molecule has 9 nitrogen and oxygen atoms in total. The van der Waals surface area contributed by atoms with Gasteiger partial charge in [-0.25, -0.2) is 4.79 Å². The number of hydrogen-bond acceptors (Lipinski definition) is 4. The molecule has 1 amide bonds. The van der Waals surface area contributed by atoms with Gasteiger partial charge < -0.3 is 14.6 Å². The molecule has 1 N–H and O–H groups in total. The van der Waals surface area contributed by atoms with Gasteiger partial charge in [0.05, 0.1) is 12.1 Å². The first-order valence-electron chi connectivity index (χ1n) is 5.07. The molecule has 2 atom stereocenters. The molecule has 1 aliphatic rings. The van der Waals surface area contributed by atoms with Gasteiger partial charge in [-0.3, -0.25) is 0 Å². The molecule has 1 saturated heterocycles. The van der Waals surface area contributed by atoms with E-state index in [-0.39, 0.29) is 18.6 Å². The van der Waals surface area contributed by atoms with Crippen LogP contribution in [-0.4, -0.2) is 49.5 Å². The van der Waals surface area contributed by atoms with E-state index in [1.165, 1.54) is 17.6 Å². The van der Waals surface area contributed by atoms with Gasteiger partial charge in [0.25, 0.3) is 0 Å². The first-order chi connectivity index (χ1) is 8.20. The van der Waals surface area contributed by atoms with E-state index in [1.54, 1.807) is 4.57 Å². The van der Waals surface area contributed by atoms with Crippen LogP contribution in [0, 0.1) is 0 Å². The molecule has 0 aliphatic carbocycles. The zero-order valence-corrected chi connectivity index (χ0v) is 8.92. The molecule has 0 unspecified atom stereocenters. The van der Waals surface area contributed by atoms with Crippen molar-refractivity contribution in [1.29, 1.82) is 0 Å². The maximum absolute atomic E-state index is 11.0. The average molecular weight is 237 g/mol. The summed E-state index contributed by atoms with van der Waals surface area (Å²) in [6.07, 6.45) is 2.58. The number of aromatic nitrogens is 3. The van der Waals surface area contributed by atoms with Crippen LogP contribution in [0.5, 0.6) is 0 Å². The summed E-state index contributed by atoms with van der Waals surface area (Å²) < 4.78 is 1.71.